The van der Waals surface area contributed by atoms with Crippen LogP contribution in [-0.2, 0) is 4.79 Å². The SMILES string of the molecule is O=C(C[NH+]1CC[NH2+]CC1)Nc1nccs1. The largest absolute Gasteiger partial charge is 0.337 e. The van der Waals surface area contributed by atoms with Gasteiger partial charge >= 0.3 is 0 Å². The second-order valence-corrected chi connectivity index (χ2v) is 4.57. The number of anilines is 1. The van der Waals surface area contributed by atoms with E-state index in [9.17, 15) is 4.79 Å². The molecule has 1 fully saturated rings. The number of nitrogens with two attached hydrogens (primary N) is 1. The summed E-state index contributed by atoms with van der Waals surface area (Å²) in [6.07, 6.45) is 1.70. The van der Waals surface area contributed by atoms with E-state index in [1.165, 1.54) is 16.2 Å². The Kier molecular flexibility index (Phi) is 3.65. The fourth-order valence-corrected chi connectivity index (χ4v) is 2.28. The molecule has 2 heterocycles. The smallest absolute Gasteiger partial charge is 0.281 e. The number of carbonyl (C=O) groups excluding carboxylic acids is 1. The summed E-state index contributed by atoms with van der Waals surface area (Å²) in [6.45, 7) is 4.96. The van der Waals surface area contributed by atoms with Crippen LogP contribution in [0.5, 0.6) is 0 Å². The Balaban J connectivity index is 1.76. The molecule has 82 valence electrons. The van der Waals surface area contributed by atoms with Gasteiger partial charge < -0.3 is 10.2 Å². The predicted octanol–water partition coefficient (Wildman–Crippen LogP) is -2.46. The number of piperazine rings is 1. The first-order chi connectivity index (χ1) is 7.34. The number of nitrogens with zero attached hydrogens (tertiary/aromatic N) is 1. The van der Waals surface area contributed by atoms with Crippen molar-refractivity contribution in [3.63, 3.8) is 0 Å². The topological polar surface area (TPSA) is 63.0 Å². The van der Waals surface area contributed by atoms with Crippen molar-refractivity contribution in [3.05, 3.63) is 11.6 Å². The molecule has 1 amide bonds. The van der Waals surface area contributed by atoms with Gasteiger partial charge in [0.05, 0.1) is 0 Å². The predicted molar refractivity (Wildman–Crippen MR) is 58.0 cm³/mol. The van der Waals surface area contributed by atoms with Gasteiger partial charge in [-0.15, -0.1) is 11.3 Å². The summed E-state index contributed by atoms with van der Waals surface area (Å²) < 4.78 is 0. The molecule has 0 aliphatic carbocycles. The van der Waals surface area contributed by atoms with Crippen molar-refractivity contribution >= 4 is 22.4 Å². The minimum Gasteiger partial charge on any atom is -0.337 e. The van der Waals surface area contributed by atoms with E-state index in [1.807, 2.05) is 5.38 Å². The highest BCUT2D eigenvalue weighted by molar-refractivity contribution is 7.13. The summed E-state index contributed by atoms with van der Waals surface area (Å²) in [6, 6.07) is 0. The average molecular weight is 228 g/mol. The Morgan fingerprint density at radius 3 is 3.07 bits per heavy atom. The van der Waals surface area contributed by atoms with Gasteiger partial charge in [0, 0.05) is 11.6 Å². The zero-order chi connectivity index (χ0) is 10.5. The monoisotopic (exact) mass is 228 g/mol. The normalized spacial score (nSPS) is 17.6. The van der Waals surface area contributed by atoms with Crippen molar-refractivity contribution in [3.8, 4) is 0 Å². The molecule has 1 aromatic heterocycles. The second-order valence-electron chi connectivity index (χ2n) is 3.68. The van der Waals surface area contributed by atoms with E-state index in [0.717, 1.165) is 26.2 Å². The van der Waals surface area contributed by atoms with Crippen LogP contribution >= 0.6 is 11.3 Å². The molecule has 1 aliphatic rings. The number of carbonyl (C=O) groups is 1. The van der Waals surface area contributed by atoms with E-state index < -0.39 is 0 Å². The molecule has 1 saturated heterocycles. The number of thiazole rings is 1. The lowest BCUT2D eigenvalue weighted by Crippen LogP contribution is -3.21. The molecule has 1 aliphatic heterocycles. The van der Waals surface area contributed by atoms with Crippen LogP contribution in [0.1, 0.15) is 0 Å². The summed E-state index contributed by atoms with van der Waals surface area (Å²) >= 11 is 1.45. The van der Waals surface area contributed by atoms with Crippen LogP contribution in [0.3, 0.4) is 0 Å². The molecule has 0 atom stereocenters. The van der Waals surface area contributed by atoms with E-state index >= 15 is 0 Å². The highest BCUT2D eigenvalue weighted by Crippen LogP contribution is 2.09. The van der Waals surface area contributed by atoms with Gasteiger partial charge in [-0.3, -0.25) is 10.1 Å². The van der Waals surface area contributed by atoms with Crippen molar-refractivity contribution in [1.29, 1.82) is 0 Å². The molecule has 0 radical (unpaired) electrons. The van der Waals surface area contributed by atoms with E-state index in [0.29, 0.717) is 11.7 Å². The third-order valence-electron chi connectivity index (χ3n) is 2.49. The molecule has 4 N–H and O–H groups in total. The van der Waals surface area contributed by atoms with Crippen molar-refractivity contribution < 1.29 is 15.0 Å². The van der Waals surface area contributed by atoms with Crippen molar-refractivity contribution in [2.24, 2.45) is 0 Å². The first kappa shape index (κ1) is 10.5. The molecular weight excluding hydrogens is 212 g/mol. The molecule has 0 unspecified atom stereocenters. The lowest BCUT2D eigenvalue weighted by molar-refractivity contribution is -0.940. The van der Waals surface area contributed by atoms with Gasteiger partial charge in [0.25, 0.3) is 5.91 Å². The van der Waals surface area contributed by atoms with Crippen LogP contribution < -0.4 is 15.5 Å². The summed E-state index contributed by atoms with van der Waals surface area (Å²) in [5, 5.41) is 7.66. The number of aromatic nitrogens is 1. The standard InChI is InChI=1S/C9H14N4OS/c14-8(12-9-11-3-6-15-9)7-13-4-1-10-2-5-13/h3,6,10H,1-2,4-5,7H2,(H,11,12,14)/p+2. The number of hydrogen-bond acceptors (Lipinski definition) is 3. The van der Waals surface area contributed by atoms with E-state index in [2.05, 4.69) is 15.6 Å². The van der Waals surface area contributed by atoms with Crippen LogP contribution in [-0.4, -0.2) is 43.6 Å². The molecule has 6 heteroatoms. The molecule has 0 bridgehead atoms. The third kappa shape index (κ3) is 3.26. The Morgan fingerprint density at radius 1 is 1.60 bits per heavy atom. The highest BCUT2D eigenvalue weighted by Gasteiger charge is 2.19. The van der Waals surface area contributed by atoms with Gasteiger partial charge in [-0.05, 0) is 0 Å². The maximum absolute atomic E-state index is 11.6. The van der Waals surface area contributed by atoms with E-state index in [4.69, 9.17) is 0 Å². The van der Waals surface area contributed by atoms with E-state index in [1.54, 1.807) is 6.20 Å². The maximum Gasteiger partial charge on any atom is 0.281 e. The first-order valence-corrected chi connectivity index (χ1v) is 6.07. The van der Waals surface area contributed by atoms with Crippen molar-refractivity contribution in [2.45, 2.75) is 0 Å². The van der Waals surface area contributed by atoms with Gasteiger partial charge in [0.2, 0.25) is 0 Å². The van der Waals surface area contributed by atoms with Crippen LogP contribution in [0.2, 0.25) is 0 Å². The van der Waals surface area contributed by atoms with Crippen LogP contribution in [0, 0.1) is 0 Å². The number of quaternary nitrogens is 2. The Hall–Kier alpha value is -0.980. The van der Waals surface area contributed by atoms with Crippen LogP contribution in [0.4, 0.5) is 5.13 Å². The van der Waals surface area contributed by atoms with Gasteiger partial charge in [-0.2, -0.15) is 0 Å². The maximum atomic E-state index is 11.6. The average Bonchev–Trinajstić information content (AvgIpc) is 2.71. The molecule has 2 rings (SSSR count). The summed E-state index contributed by atoms with van der Waals surface area (Å²) in [5.74, 6) is 0.0712. The minimum absolute atomic E-state index is 0.0712. The fourth-order valence-electron chi connectivity index (χ4n) is 1.73. The Morgan fingerprint density at radius 2 is 2.40 bits per heavy atom. The Bertz CT molecular complexity index is 308. The molecule has 0 aromatic carbocycles. The number of rotatable bonds is 3. The van der Waals surface area contributed by atoms with E-state index in [-0.39, 0.29) is 5.91 Å². The molecule has 1 aromatic rings. The van der Waals surface area contributed by atoms with Gasteiger partial charge in [0.15, 0.2) is 11.7 Å². The zero-order valence-corrected chi connectivity index (χ0v) is 9.35. The fraction of sp³-hybridized carbons (Fsp3) is 0.556. The van der Waals surface area contributed by atoms with Gasteiger partial charge in [-0.25, -0.2) is 4.98 Å². The minimum atomic E-state index is 0.0712. The van der Waals surface area contributed by atoms with Crippen molar-refractivity contribution in [1.82, 2.24) is 4.98 Å². The summed E-state index contributed by atoms with van der Waals surface area (Å²) in [5.41, 5.74) is 0. The summed E-state index contributed by atoms with van der Waals surface area (Å²) in [4.78, 5) is 17.0. The zero-order valence-electron chi connectivity index (χ0n) is 8.53. The molecule has 0 spiro atoms. The van der Waals surface area contributed by atoms with Crippen LogP contribution in [0.25, 0.3) is 0 Å². The lowest BCUT2D eigenvalue weighted by atomic mass is 10.3. The number of amides is 1. The lowest BCUT2D eigenvalue weighted by Gasteiger charge is -2.21. The first-order valence-electron chi connectivity index (χ1n) is 5.19. The second kappa shape index (κ2) is 5.20. The third-order valence-corrected chi connectivity index (χ3v) is 3.18. The van der Waals surface area contributed by atoms with Gasteiger partial charge in [-0.1, -0.05) is 0 Å². The Labute approximate surface area is 92.5 Å². The molecule has 15 heavy (non-hydrogen) atoms. The molecular formula is C9H16N4OS+2. The molecule has 5 nitrogen and oxygen atoms in total. The number of hydrogen-bond donors (Lipinski definition) is 3. The van der Waals surface area contributed by atoms with Gasteiger partial charge in [0.1, 0.15) is 26.2 Å². The van der Waals surface area contributed by atoms with Crippen LogP contribution in [0.15, 0.2) is 11.6 Å². The highest BCUT2D eigenvalue weighted by atomic mass is 32.1. The summed E-state index contributed by atoms with van der Waals surface area (Å²) in [7, 11) is 0. The van der Waals surface area contributed by atoms with Crippen molar-refractivity contribution in [2.75, 3.05) is 38.0 Å². The number of nitrogens with one attached hydrogen (secondary N) is 2. The molecule has 0 saturated carbocycles. The quantitative estimate of drug-likeness (QED) is 0.537.